The van der Waals surface area contributed by atoms with Crippen molar-refractivity contribution in [1.29, 1.82) is 0 Å². The molecule has 0 aromatic carbocycles. The van der Waals surface area contributed by atoms with Gasteiger partial charge in [-0.15, -0.1) is 0 Å². The maximum atomic E-state index is 7.04. The summed E-state index contributed by atoms with van der Waals surface area (Å²) in [7, 11) is 324. The van der Waals surface area contributed by atoms with Gasteiger partial charge in [-0.1, -0.05) is 0 Å². The SMILES string of the molecule is [B]B([B])B(B=S)B(B(B([B])[B])B([B])[B])B(B(B(B([B])[B])B([B])[B])B(B([B])[B])B([B])[B])B(B(B(B(B([B])[B])B([B])[B])B(B([B])[B])B([B])[B])B(B(B([B])[B])B([B])[B])B(B([B])[B])B([B])[B])B(B(B(B([B])[B])B([B])[B])B(B([B])[B])B([B])[B])B(B(B([B])[B])B([B])[B])B(B([B])[B])B([B])[B]. The molecule has 0 unspecified atom stereocenters. The van der Waals surface area contributed by atoms with E-state index in [1.54, 1.807) is 0 Å². The zero-order chi connectivity index (χ0) is 73.7. The molecule has 0 nitrogen and oxygen atoms in total. The van der Waals surface area contributed by atoms with Crippen molar-refractivity contribution < 1.29 is 0 Å². The van der Waals surface area contributed by atoms with Crippen LogP contribution in [0.1, 0.15) is 0 Å². The van der Waals surface area contributed by atoms with Crippen molar-refractivity contribution in [2.75, 3.05) is 0 Å². The van der Waals surface area contributed by atoms with Gasteiger partial charge < -0.3 is 0 Å². The van der Waals surface area contributed by atoms with E-state index < -0.39 is 287 Å². The number of hydrogen-bond acceptors (Lipinski definition) is 1. The predicted octanol–water partition coefficient (Wildman–Crippen LogP) is -34.4. The Bertz CT molecular complexity index is 1550. The van der Waals surface area contributed by atoms with E-state index in [1.165, 1.54) is 0 Å². The summed E-state index contributed by atoms with van der Waals surface area (Å²) in [5, 5.41) is 0. The Morgan fingerprint density at radius 2 is 0.183 bits per heavy atom. The monoisotopic (exact) mass is 1040 g/mol. The van der Waals surface area contributed by atoms with E-state index in [9.17, 15) is 0 Å². The summed E-state index contributed by atoms with van der Waals surface area (Å²) >= 11 is 5.99. The summed E-state index contributed by atoms with van der Waals surface area (Å²) in [6.07, 6.45) is -81.3. The van der Waals surface area contributed by atoms with Gasteiger partial charge in [-0.2, -0.15) is 0 Å². The molecule has 0 saturated heterocycles. The molecule has 0 aliphatic heterocycles. The van der Waals surface area contributed by atoms with Crippen molar-refractivity contribution >= 4 is 661 Å². The molecule has 0 amide bonds. The normalized spacial score (nSPS) is 9.76. The zero-order valence-electron chi connectivity index (χ0n) is 53.5. The van der Waals surface area contributed by atoms with E-state index in [1.807, 2.05) is 0 Å². The maximum absolute atomic E-state index is 7.04. The summed E-state index contributed by atoms with van der Waals surface area (Å²) in [6, 6.07) is 1.12. The third-order valence-corrected chi connectivity index (χ3v) is 20.0. The molecule has 0 aliphatic rings. The molecule has 0 bridgehead atoms. The summed E-state index contributed by atoms with van der Waals surface area (Å²) < 4.78 is 0. The second kappa shape index (κ2) is 45.9. The van der Waals surface area contributed by atoms with Crippen LogP contribution >= 0.6 is 12.1 Å². The Balaban J connectivity index is 14.1. The van der Waals surface area contributed by atoms with Crippen molar-refractivity contribution in [3.63, 3.8) is 0 Å². The van der Waals surface area contributed by atoms with E-state index >= 15 is 0 Å². The first kappa shape index (κ1) is 99.2. The minimum atomic E-state index is -2.17. The quantitative estimate of drug-likeness (QED) is 0.0548. The molecule has 92 radical (unpaired) electrons. The molecule has 0 heterocycles. The fourth-order valence-corrected chi connectivity index (χ4v) is 17.0. The van der Waals surface area contributed by atoms with Crippen LogP contribution in [-0.4, -0.2) is 649 Å². The molecule has 282 valence electrons. The van der Waals surface area contributed by atoms with E-state index in [4.69, 9.17) is 368 Å². The average Bonchev–Trinajstić information content (AvgIpc) is 3.33. The Hall–Kier alpha value is 6.19. The van der Waals surface area contributed by atoms with Gasteiger partial charge in [0.25, 0.3) is 0 Å². The fraction of sp³-hybridized carbons (Fsp3) is 0. The van der Waals surface area contributed by atoms with E-state index in [0.717, 1.165) is 6.05 Å². The summed E-state index contributed by atoms with van der Waals surface area (Å²) in [6.45, 7) is 0. The van der Waals surface area contributed by atoms with Crippen molar-refractivity contribution in [3.8, 4) is 0 Å². The molecule has 93 heavy (non-hydrogen) atoms. The van der Waals surface area contributed by atoms with Crippen molar-refractivity contribution in [2.24, 2.45) is 0 Å². The van der Waals surface area contributed by atoms with Crippen LogP contribution in [0, 0.1) is 0 Å². The zero-order valence-corrected chi connectivity index (χ0v) is 54.3. The molecular formula is B92S. The van der Waals surface area contributed by atoms with Gasteiger partial charge >= 0.3 is 661 Å². The van der Waals surface area contributed by atoms with Crippen molar-refractivity contribution in [2.45, 2.75) is 0 Å². The van der Waals surface area contributed by atoms with Gasteiger partial charge in [-0.3, -0.25) is 0 Å². The molecule has 0 aromatic rings. The molecule has 0 N–H and O–H groups in total. The van der Waals surface area contributed by atoms with Crippen LogP contribution in [0.3, 0.4) is 0 Å². The fourth-order valence-electron chi connectivity index (χ4n) is 16.6. The standard InChI is InChI=1S/B92S/c1-48(2)71(47-93)83(72(49(3)4)50(5)6)89(84(73(51(7)8)52(9)10)74(53(11)12)54(13)14)92(90(85(75(55(15)16)56(17)18)76(57(19)20)58(21)22)86(77(59(23)24)60(25)26)78(61(27)28)62(29)30)91(87(79(63(31)32)64(33)34)80(65(35)36)66(37)38)88(81(67(39)40)68(41)42)82(69(43)44)70(45)46. The van der Waals surface area contributed by atoms with Crippen LogP contribution in [0.5, 0.6) is 0 Å². The van der Waals surface area contributed by atoms with Crippen LogP contribution in [0.15, 0.2) is 0 Å². The second-order valence-corrected chi connectivity index (χ2v) is 26.4. The van der Waals surface area contributed by atoms with Gasteiger partial charge in [-0.25, -0.2) is 0 Å². The molecular weight excluding hydrogens is 1030 g/mol. The Labute approximate surface area is 654 Å². The Morgan fingerprint density at radius 1 is 0.108 bits per heavy atom. The third kappa shape index (κ3) is 26.8. The van der Waals surface area contributed by atoms with Crippen LogP contribution in [-0.2, 0) is 0 Å². The van der Waals surface area contributed by atoms with Crippen LogP contribution in [0.25, 0.3) is 0 Å². The molecule has 0 saturated carbocycles. The molecule has 0 fully saturated rings. The average molecular weight is 1030 g/mol. The van der Waals surface area contributed by atoms with Gasteiger partial charge in [0.15, 0.2) is 0 Å². The van der Waals surface area contributed by atoms with Gasteiger partial charge in [0.05, 0.1) is 0 Å². The second-order valence-electron chi connectivity index (χ2n) is 26.1. The minimum absolute atomic E-state index is 1.12. The molecule has 93 heteroatoms. The molecule has 0 spiro atoms. The summed E-state index contributed by atoms with van der Waals surface area (Å²) in [5.41, 5.74) is 0. The van der Waals surface area contributed by atoms with E-state index in [-0.39, 0.29) is 0 Å². The first-order valence-corrected chi connectivity index (χ1v) is 31.0. The summed E-state index contributed by atoms with van der Waals surface area (Å²) in [5.74, 6) is 0. The van der Waals surface area contributed by atoms with Crippen molar-refractivity contribution in [3.05, 3.63) is 0 Å². The number of hydrogen-bond donors (Lipinski definition) is 0. The van der Waals surface area contributed by atoms with Gasteiger partial charge in [0, 0.05) is 0 Å². The molecule has 0 atom stereocenters. The predicted molar refractivity (Wildman–Crippen MR) is 537 cm³/mol. The van der Waals surface area contributed by atoms with Gasteiger partial charge in [0.1, 0.15) is 0 Å². The van der Waals surface area contributed by atoms with Crippen molar-refractivity contribution in [1.82, 2.24) is 0 Å². The van der Waals surface area contributed by atoms with E-state index in [0.29, 0.717) is 0 Å². The first-order valence-electron chi connectivity index (χ1n) is 30.6. The van der Waals surface area contributed by atoms with Gasteiger partial charge in [0.2, 0.25) is 0 Å². The van der Waals surface area contributed by atoms with Crippen LogP contribution in [0.4, 0.5) is 0 Å². The third-order valence-electron chi connectivity index (χ3n) is 19.7. The van der Waals surface area contributed by atoms with Crippen LogP contribution < -0.4 is 0 Å². The topological polar surface area (TPSA) is 0 Å². The Kier molecular flexibility index (Phi) is 48.9. The molecule has 0 aliphatic carbocycles. The first-order chi connectivity index (χ1) is 42.3. The van der Waals surface area contributed by atoms with Crippen LogP contribution in [0.2, 0.25) is 0 Å². The Morgan fingerprint density at radius 3 is 0.258 bits per heavy atom. The summed E-state index contributed by atoms with van der Waals surface area (Å²) in [4.78, 5) is 0. The molecule has 0 rings (SSSR count). The van der Waals surface area contributed by atoms with Gasteiger partial charge in [-0.05, 0) is 0 Å². The van der Waals surface area contributed by atoms with E-state index in [2.05, 4.69) is 0 Å². The number of rotatable bonds is 45. The molecule has 0 aromatic heterocycles.